The molecule has 2 heterocycles. The molecule has 160 valence electrons. The highest BCUT2D eigenvalue weighted by Gasteiger charge is 2.24. The van der Waals surface area contributed by atoms with E-state index in [1.165, 1.54) is 13.2 Å². The predicted molar refractivity (Wildman–Crippen MR) is 122 cm³/mol. The molecule has 0 aliphatic carbocycles. The maximum absolute atomic E-state index is 13.4. The molecule has 0 unspecified atom stereocenters. The zero-order valence-electron chi connectivity index (χ0n) is 17.2. The summed E-state index contributed by atoms with van der Waals surface area (Å²) < 4.78 is 40.3. The van der Waals surface area contributed by atoms with Crippen LogP contribution in [0.2, 0.25) is 0 Å². The molecule has 2 aromatic heterocycles. The highest BCUT2D eigenvalue weighted by Crippen LogP contribution is 2.38. The third kappa shape index (κ3) is 3.07. The van der Waals surface area contributed by atoms with Gasteiger partial charge in [-0.3, -0.25) is 9.71 Å². The summed E-state index contributed by atoms with van der Waals surface area (Å²) in [7, 11) is -2.70. The normalized spacial score (nSPS) is 11.8. The van der Waals surface area contributed by atoms with Crippen molar-refractivity contribution < 1.29 is 22.4 Å². The van der Waals surface area contributed by atoms with Gasteiger partial charge in [0.2, 0.25) is 0 Å². The highest BCUT2D eigenvalue weighted by molar-refractivity contribution is 7.93. The van der Waals surface area contributed by atoms with Crippen LogP contribution in [0.3, 0.4) is 0 Å². The number of pyridine rings is 1. The first-order chi connectivity index (χ1) is 15.4. The molecule has 0 bridgehead atoms. The van der Waals surface area contributed by atoms with Crippen LogP contribution < -0.4 is 4.72 Å². The van der Waals surface area contributed by atoms with Crippen LogP contribution in [0.15, 0.2) is 76.2 Å². The van der Waals surface area contributed by atoms with Gasteiger partial charge in [0.1, 0.15) is 21.8 Å². The van der Waals surface area contributed by atoms with Crippen LogP contribution in [-0.4, -0.2) is 26.5 Å². The Bertz CT molecular complexity index is 1630. The molecule has 0 amide bonds. The Labute approximate surface area is 183 Å². The predicted octanol–water partition coefficient (Wildman–Crippen LogP) is 5.03. The molecule has 1 N–H and O–H groups in total. The fourth-order valence-corrected chi connectivity index (χ4v) is 5.22. The molecular formula is C24H18N2O5S. The van der Waals surface area contributed by atoms with E-state index in [9.17, 15) is 13.2 Å². The van der Waals surface area contributed by atoms with Crippen LogP contribution in [0.1, 0.15) is 16.1 Å². The first kappa shape index (κ1) is 20.0. The molecule has 0 fully saturated rings. The van der Waals surface area contributed by atoms with Crippen molar-refractivity contribution in [1.82, 2.24) is 4.98 Å². The number of anilines is 1. The van der Waals surface area contributed by atoms with E-state index < -0.39 is 16.0 Å². The van der Waals surface area contributed by atoms with Gasteiger partial charge in [0.05, 0.1) is 18.3 Å². The lowest BCUT2D eigenvalue weighted by Gasteiger charge is -2.13. The second-order valence-electron chi connectivity index (χ2n) is 7.31. The van der Waals surface area contributed by atoms with Crippen molar-refractivity contribution in [2.24, 2.45) is 0 Å². The SMILES string of the molecule is COC(=O)c1c(C)oc2c1cc(NS(=O)(=O)c1cccc3cccnc13)c1ccccc12. The van der Waals surface area contributed by atoms with Crippen molar-refractivity contribution >= 4 is 54.3 Å². The van der Waals surface area contributed by atoms with E-state index in [0.29, 0.717) is 44.1 Å². The summed E-state index contributed by atoms with van der Waals surface area (Å²) in [6, 6.07) is 17.4. The standard InChI is InChI=1S/C24H18N2O5S/c1-14-21(24(27)30-2)18-13-19(16-9-3-4-10-17(16)23(18)31-14)26-32(28,29)20-11-5-7-15-8-6-12-25-22(15)20/h3-13,26H,1-2H3. The van der Waals surface area contributed by atoms with E-state index in [1.54, 1.807) is 49.5 Å². The number of fused-ring (bicyclic) bond motifs is 4. The number of hydrogen-bond donors (Lipinski definition) is 1. The molecule has 0 saturated heterocycles. The first-order valence-electron chi connectivity index (χ1n) is 9.80. The fraction of sp³-hybridized carbons (Fsp3) is 0.0833. The molecule has 0 spiro atoms. The second-order valence-corrected chi connectivity index (χ2v) is 8.96. The van der Waals surface area contributed by atoms with Crippen molar-refractivity contribution in [3.05, 3.63) is 78.2 Å². The number of benzene rings is 3. The van der Waals surface area contributed by atoms with E-state index in [2.05, 4.69) is 9.71 Å². The maximum Gasteiger partial charge on any atom is 0.342 e. The van der Waals surface area contributed by atoms with Gasteiger partial charge in [-0.2, -0.15) is 0 Å². The lowest BCUT2D eigenvalue weighted by molar-refractivity contribution is 0.0600. The van der Waals surface area contributed by atoms with Crippen LogP contribution >= 0.6 is 0 Å². The Kier molecular flexibility index (Phi) is 4.60. The van der Waals surface area contributed by atoms with Gasteiger partial charge in [0.25, 0.3) is 10.0 Å². The zero-order valence-corrected chi connectivity index (χ0v) is 18.1. The third-order valence-corrected chi connectivity index (χ3v) is 6.79. The number of ether oxygens (including phenoxy) is 1. The number of sulfonamides is 1. The number of methoxy groups -OCH3 is 1. The number of para-hydroxylation sites is 1. The lowest BCUT2D eigenvalue weighted by atomic mass is 10.0. The van der Waals surface area contributed by atoms with Gasteiger partial charge in [-0.25, -0.2) is 13.2 Å². The number of rotatable bonds is 4. The monoisotopic (exact) mass is 446 g/mol. The molecule has 0 atom stereocenters. The summed E-state index contributed by atoms with van der Waals surface area (Å²) >= 11 is 0. The number of nitrogens with zero attached hydrogens (tertiary/aromatic N) is 1. The molecule has 0 radical (unpaired) electrons. The van der Waals surface area contributed by atoms with Crippen molar-refractivity contribution in [3.8, 4) is 0 Å². The quantitative estimate of drug-likeness (QED) is 0.389. The molecule has 8 heteroatoms. The number of carbonyl (C=O) groups is 1. The van der Waals surface area contributed by atoms with Gasteiger partial charge in [-0.05, 0) is 25.1 Å². The van der Waals surface area contributed by atoms with Crippen LogP contribution in [0.4, 0.5) is 5.69 Å². The molecule has 5 rings (SSSR count). The lowest BCUT2D eigenvalue weighted by Crippen LogP contribution is -2.14. The maximum atomic E-state index is 13.4. The number of nitrogens with one attached hydrogen (secondary N) is 1. The smallest absolute Gasteiger partial charge is 0.342 e. The summed E-state index contributed by atoms with van der Waals surface area (Å²) in [5.74, 6) is -0.154. The summed E-state index contributed by atoms with van der Waals surface area (Å²) in [4.78, 5) is 16.7. The second kappa shape index (κ2) is 7.35. The van der Waals surface area contributed by atoms with E-state index in [0.717, 1.165) is 0 Å². The zero-order chi connectivity index (χ0) is 22.5. The molecule has 0 aliphatic rings. The van der Waals surface area contributed by atoms with Crippen LogP contribution in [-0.2, 0) is 14.8 Å². The van der Waals surface area contributed by atoms with Gasteiger partial charge < -0.3 is 9.15 Å². The summed E-state index contributed by atoms with van der Waals surface area (Å²) in [5, 5.41) is 2.51. The Morgan fingerprint density at radius 2 is 1.75 bits per heavy atom. The van der Waals surface area contributed by atoms with Crippen molar-refractivity contribution in [2.45, 2.75) is 11.8 Å². The minimum atomic E-state index is -3.99. The average Bonchev–Trinajstić information content (AvgIpc) is 3.14. The van der Waals surface area contributed by atoms with Gasteiger partial charge in [-0.1, -0.05) is 42.5 Å². The van der Waals surface area contributed by atoms with Gasteiger partial charge >= 0.3 is 5.97 Å². The topological polar surface area (TPSA) is 98.5 Å². The van der Waals surface area contributed by atoms with Crippen molar-refractivity contribution in [3.63, 3.8) is 0 Å². The van der Waals surface area contributed by atoms with Gasteiger partial charge in [0.15, 0.2) is 0 Å². The number of aryl methyl sites for hydroxylation is 1. The Morgan fingerprint density at radius 1 is 1.00 bits per heavy atom. The van der Waals surface area contributed by atoms with Gasteiger partial charge in [-0.15, -0.1) is 0 Å². The van der Waals surface area contributed by atoms with E-state index in [4.69, 9.17) is 9.15 Å². The molecule has 7 nitrogen and oxygen atoms in total. The largest absolute Gasteiger partial charge is 0.465 e. The number of carbonyl (C=O) groups excluding carboxylic acids is 1. The van der Waals surface area contributed by atoms with E-state index in [-0.39, 0.29) is 10.5 Å². The van der Waals surface area contributed by atoms with E-state index in [1.807, 2.05) is 18.2 Å². The minimum Gasteiger partial charge on any atom is -0.465 e. The minimum absolute atomic E-state index is 0.0661. The molecule has 3 aromatic carbocycles. The average molecular weight is 446 g/mol. The van der Waals surface area contributed by atoms with Crippen molar-refractivity contribution in [2.75, 3.05) is 11.8 Å². The molecule has 5 aromatic rings. The molecule has 0 aliphatic heterocycles. The molecule has 0 saturated carbocycles. The summed E-state index contributed by atoms with van der Waals surface area (Å²) in [6.45, 7) is 1.67. The molecular weight excluding hydrogens is 428 g/mol. The summed E-state index contributed by atoms with van der Waals surface area (Å²) in [5.41, 5.74) is 1.46. The van der Waals surface area contributed by atoms with Crippen LogP contribution in [0, 0.1) is 6.92 Å². The van der Waals surface area contributed by atoms with Crippen molar-refractivity contribution in [1.29, 1.82) is 0 Å². The van der Waals surface area contributed by atoms with Crippen LogP contribution in [0.25, 0.3) is 32.6 Å². The van der Waals surface area contributed by atoms with Crippen LogP contribution in [0.5, 0.6) is 0 Å². The number of esters is 1. The van der Waals surface area contributed by atoms with E-state index >= 15 is 0 Å². The Hall–Kier alpha value is -3.91. The number of aromatic nitrogens is 1. The molecule has 32 heavy (non-hydrogen) atoms. The summed E-state index contributed by atoms with van der Waals surface area (Å²) in [6.07, 6.45) is 1.56. The van der Waals surface area contributed by atoms with Gasteiger partial charge in [0, 0.05) is 27.7 Å². The Morgan fingerprint density at radius 3 is 2.53 bits per heavy atom. The fourth-order valence-electron chi connectivity index (χ4n) is 3.97. The number of furan rings is 1. The third-order valence-electron chi connectivity index (χ3n) is 5.39. The first-order valence-corrected chi connectivity index (χ1v) is 11.3. The number of hydrogen-bond acceptors (Lipinski definition) is 6. The Balaban J connectivity index is 1.75. The highest BCUT2D eigenvalue weighted by atomic mass is 32.2.